The van der Waals surface area contributed by atoms with E-state index >= 15 is 17.6 Å². The largest absolute Gasteiger partial charge is 0.530 e. The average Bonchev–Trinajstić information content (AvgIpc) is 1.55. The van der Waals surface area contributed by atoms with E-state index in [-0.39, 0.29) is 58.8 Å². The summed E-state index contributed by atoms with van der Waals surface area (Å²) in [6, 6.07) is 20.0. The fourth-order valence-electron chi connectivity index (χ4n) is 12.2. The van der Waals surface area contributed by atoms with Crippen LogP contribution >= 0.6 is 80.2 Å². The van der Waals surface area contributed by atoms with E-state index in [0.29, 0.717) is 78.4 Å². The molecule has 8 aliphatic heterocycles. The van der Waals surface area contributed by atoms with Crippen LogP contribution in [0, 0.1) is 70.0 Å². The number of fused-ring (bicyclic) bond motifs is 4. The Morgan fingerprint density at radius 1 is 0.403 bits per heavy atom. The van der Waals surface area contributed by atoms with Crippen molar-refractivity contribution in [1.82, 2.24) is 38.2 Å². The van der Waals surface area contributed by atoms with Gasteiger partial charge in [0.15, 0.2) is 43.9 Å². The maximum atomic E-state index is 15.8. The highest BCUT2D eigenvalue weighted by atomic mass is 32.1. The molecule has 4 unspecified atom stereocenters. The zero-order valence-electron chi connectivity index (χ0n) is 68.9. The number of hydrogen-bond donors (Lipinski definition) is 12. The summed E-state index contributed by atoms with van der Waals surface area (Å²) in [5.41, 5.74) is -0.376. The predicted molar refractivity (Wildman–Crippen MR) is 408 cm³/mol. The fraction of sp³-hybridized carbons (Fsp3) is 0.412. The van der Waals surface area contributed by atoms with Crippen molar-refractivity contribution in [3.05, 3.63) is 226 Å². The Labute approximate surface area is 717 Å². The molecule has 4 fully saturated rings. The number of alkyl halides is 4. The van der Waals surface area contributed by atoms with E-state index in [1.165, 1.54) is 0 Å². The van der Waals surface area contributed by atoms with E-state index in [1.807, 2.05) is 19.9 Å². The van der Waals surface area contributed by atoms with Crippen LogP contribution in [0.3, 0.4) is 0 Å². The number of benzene rings is 4. The third-order valence-corrected chi connectivity index (χ3v) is 24.9. The molecule has 124 heavy (non-hydrogen) atoms. The number of halogens is 8. The lowest BCUT2D eigenvalue weighted by Crippen LogP contribution is -2.43. The van der Waals surface area contributed by atoms with E-state index in [2.05, 4.69) is 0 Å². The average molecular weight is 1920 g/mol. The number of aliphatic hydroxyl groups is 8. The first-order valence-corrected chi connectivity index (χ1v) is 42.6. The Morgan fingerprint density at radius 2 is 0.645 bits per heavy atom. The molecule has 0 radical (unpaired) electrons. The summed E-state index contributed by atoms with van der Waals surface area (Å²) in [6.45, 7) is -4.33. The number of hydrogen-bond acceptors (Lipinski definition) is 36. The Balaban J connectivity index is 0.000000148. The number of aromatic amines is 4. The van der Waals surface area contributed by atoms with Gasteiger partial charge in [-0.2, -0.15) is 17.6 Å². The molecule has 8 aromatic rings. The van der Waals surface area contributed by atoms with E-state index in [9.17, 15) is 95.9 Å². The lowest BCUT2D eigenvalue weighted by atomic mass is 10.1. The van der Waals surface area contributed by atoms with Crippen LogP contribution in [0.2, 0.25) is 0 Å². The maximum absolute atomic E-state index is 15.8. The van der Waals surface area contributed by atoms with Crippen LogP contribution in [0.4, 0.5) is 35.1 Å². The first kappa shape index (κ1) is 85.5. The standard InChI is InChI=1S/4C17H17F2N2O8PS/c4*1-8-3-2-4-9-6-26-30(25,29-12(8)9)27-7-17(19)13(23)11(22)15(28-17)21-5-10(18)14(24)20-16(21)31/h4*2-5,11,13,15,22-23H,6-7H2,1H3,(H,20,24,31)/t4*11-,13+,15-,17-,30?/m1111/s1/i7D2,15D;15D;7D2;. The van der Waals surface area contributed by atoms with Crippen molar-refractivity contribution in [3.8, 4) is 23.0 Å². The van der Waals surface area contributed by atoms with Crippen molar-refractivity contribution in [2.45, 2.75) is 151 Å². The summed E-state index contributed by atoms with van der Waals surface area (Å²) in [4.78, 5) is 52.9. The van der Waals surface area contributed by atoms with Gasteiger partial charge in [-0.05, 0) is 98.8 Å². The Bertz CT molecular complexity index is 6570. The Kier molecular flexibility index (Phi) is 24.8. The van der Waals surface area contributed by atoms with Gasteiger partial charge >= 0.3 is 31.3 Å². The van der Waals surface area contributed by atoms with E-state index < -0.39 is 215 Å². The van der Waals surface area contributed by atoms with Crippen LogP contribution in [0.15, 0.2) is 117 Å². The molecule has 672 valence electrons. The third-order valence-electron chi connectivity index (χ3n) is 18.7. The minimum atomic E-state index is -4.86. The molecular weight excluding hydrogens is 1840 g/mol. The van der Waals surface area contributed by atoms with Crippen molar-refractivity contribution in [2.24, 2.45) is 0 Å². The number of nitrogens with zero attached hydrogens (tertiary/aromatic N) is 4. The van der Waals surface area contributed by atoms with Gasteiger partial charge in [-0.25, -0.2) is 35.8 Å². The summed E-state index contributed by atoms with van der Waals surface area (Å²) in [5, 5.41) is 82.1. The van der Waals surface area contributed by atoms with Gasteiger partial charge in [0.1, 0.15) is 98.2 Å². The monoisotopic (exact) mass is 1920 g/mol. The maximum Gasteiger partial charge on any atom is 0.530 e. The van der Waals surface area contributed by atoms with Gasteiger partial charge in [0.05, 0.1) is 59.4 Å². The lowest BCUT2D eigenvalue weighted by Gasteiger charge is -2.29. The van der Waals surface area contributed by atoms with Gasteiger partial charge in [0.2, 0.25) is 23.3 Å². The first-order chi connectivity index (χ1) is 60.3. The fourth-order valence-corrected chi connectivity index (χ4v) is 18.1. The molecule has 0 saturated carbocycles. The van der Waals surface area contributed by atoms with Gasteiger partial charge in [-0.15, -0.1) is 0 Å². The van der Waals surface area contributed by atoms with Crippen molar-refractivity contribution < 1.29 is 176 Å². The van der Waals surface area contributed by atoms with Crippen molar-refractivity contribution in [1.29, 1.82) is 0 Å². The van der Waals surface area contributed by atoms with Gasteiger partial charge in [0, 0.05) is 22.3 Å². The molecule has 4 aromatic carbocycles. The van der Waals surface area contributed by atoms with Crippen LogP contribution in [0.25, 0.3) is 0 Å². The molecule has 56 heteroatoms. The number of aryl methyl sites for hydroxylation is 4. The third kappa shape index (κ3) is 19.1. The lowest BCUT2D eigenvalue weighted by molar-refractivity contribution is -0.205. The van der Waals surface area contributed by atoms with Crippen LogP contribution in [0.1, 0.15) is 77.6 Å². The number of aliphatic hydroxyl groups excluding tert-OH is 8. The normalized spacial score (nSPS) is 34.6. The van der Waals surface area contributed by atoms with E-state index in [1.54, 1.807) is 100 Å². The Hall–Kier alpha value is -7.96. The van der Waals surface area contributed by atoms with Crippen LogP contribution in [-0.4, -0.2) is 178 Å². The quantitative estimate of drug-likeness (QED) is 0.0247. The van der Waals surface area contributed by atoms with Crippen LogP contribution in [-0.2, 0) is 99.8 Å². The molecular formula is C68H68F8N8O32P4S4. The molecule has 0 amide bonds. The highest BCUT2D eigenvalue weighted by molar-refractivity contribution is 7.71. The summed E-state index contributed by atoms with van der Waals surface area (Å²) in [6.07, 6.45) is -27.1. The molecule has 8 aliphatic rings. The summed E-state index contributed by atoms with van der Waals surface area (Å²) >= 11 is 19.3. The molecule has 0 aliphatic carbocycles. The second kappa shape index (κ2) is 35.9. The van der Waals surface area contributed by atoms with Crippen LogP contribution in [0.5, 0.6) is 23.0 Å². The summed E-state index contributed by atoms with van der Waals surface area (Å²) < 4.78 is 297. The van der Waals surface area contributed by atoms with Crippen molar-refractivity contribution in [3.63, 3.8) is 0 Å². The first-order valence-electron chi connectivity index (χ1n) is 38.2. The van der Waals surface area contributed by atoms with Gasteiger partial charge in [-0.3, -0.25) is 93.6 Å². The zero-order valence-corrected chi connectivity index (χ0v) is 69.7. The number of para-hydroxylation sites is 4. The SMILES string of the molecule is Cc1cccc2c1OP(=O)(OC[C@@]1(F)O[C@@H](n3cc(F)c(=O)[nH]c3=S)[C@H](O)[C@@H]1O)OC2.[2H]C([2H])(OP1(=O)OCc2cccc(C)c2O1)[C@@]1(F)O[C@@H](n2cc(F)c(=O)[nH]c2=S)[C@H](O)[C@@H]1O.[2H]C([2H])(OP1(=O)OCc2cccc(C)c2O1)[C@@]1(F)O[C@@]([2H])(n2cc(F)c(=O)[nH]c2=S)[C@H](O)[C@@H]1O.[2H][C@@]1(n2cc(F)c(=O)[nH]c2=S)O[C@](F)(COP2(=O)OCc3cccc(C)c3O2)[C@@H](O)[C@H]1O. The second-order valence-electron chi connectivity index (χ2n) is 27.3. The molecule has 0 spiro atoms. The molecule has 4 saturated heterocycles. The number of nitrogens with one attached hydrogen (secondary N) is 4. The van der Waals surface area contributed by atoms with Gasteiger partial charge < -0.3 is 77.9 Å². The predicted octanol–water partition coefficient (Wildman–Crippen LogP) is 8.01. The summed E-state index contributed by atoms with van der Waals surface area (Å²) in [7, 11) is -18.3. The van der Waals surface area contributed by atoms with Crippen LogP contribution < -0.4 is 40.3 Å². The zero-order chi connectivity index (χ0) is 95.6. The van der Waals surface area contributed by atoms with Crippen molar-refractivity contribution in [2.75, 3.05) is 26.3 Å². The Morgan fingerprint density at radius 3 is 0.968 bits per heavy atom. The minimum absolute atomic E-state index is 0.0542. The molecule has 40 nitrogen and oxygen atoms in total. The van der Waals surface area contributed by atoms with E-state index in [0.717, 1.165) is 4.57 Å². The number of rotatable bonds is 16. The smallest absolute Gasteiger partial charge is 0.403 e. The number of phosphoric acid groups is 4. The summed E-state index contributed by atoms with van der Waals surface area (Å²) in [5.74, 6) is -19.2. The molecule has 4 aromatic heterocycles. The highest BCUT2D eigenvalue weighted by Crippen LogP contribution is 2.61. The topological polar surface area (TPSA) is 529 Å². The van der Waals surface area contributed by atoms with Gasteiger partial charge in [-0.1, -0.05) is 72.8 Å². The highest BCUT2D eigenvalue weighted by Gasteiger charge is 2.62. The number of phosphoric ester groups is 4. The molecule has 12 N–H and O–H groups in total. The molecule has 20 atom stereocenters. The van der Waals surface area contributed by atoms with Crippen molar-refractivity contribution >= 4 is 80.2 Å². The second-order valence-corrected chi connectivity index (χ2v) is 35.1. The number of ether oxygens (including phenoxy) is 4. The molecule has 0 bridgehead atoms. The number of aromatic nitrogens is 8. The number of H-pyrrole nitrogens is 4. The van der Waals surface area contributed by atoms with Gasteiger partial charge in [0.25, 0.3) is 45.7 Å². The molecule has 16 rings (SSSR count). The van der Waals surface area contributed by atoms with E-state index in [4.69, 9.17) is 130 Å². The molecule has 12 heterocycles. The minimum Gasteiger partial charge on any atom is -0.403 e.